The van der Waals surface area contributed by atoms with Crippen molar-refractivity contribution in [1.82, 2.24) is 5.32 Å². The molecule has 2 fully saturated rings. The Hall–Kier alpha value is -1.35. The molecule has 1 aromatic rings. The van der Waals surface area contributed by atoms with E-state index >= 15 is 0 Å². The Morgan fingerprint density at radius 3 is 2.76 bits per heavy atom. The van der Waals surface area contributed by atoms with Gasteiger partial charge in [0, 0.05) is 18.3 Å². The molecule has 1 aliphatic carbocycles. The molecule has 1 heterocycles. The molecule has 1 saturated heterocycles. The highest BCUT2D eigenvalue weighted by Gasteiger charge is 2.34. The smallest absolute Gasteiger partial charge is 0.244 e. The Labute approximate surface area is 127 Å². The molecule has 1 aromatic carbocycles. The fourth-order valence-electron chi connectivity index (χ4n) is 3.17. The molecular weight excluding hydrogens is 260 g/mol. The van der Waals surface area contributed by atoms with Gasteiger partial charge >= 0.3 is 0 Å². The Kier molecular flexibility index (Phi) is 4.29. The number of piperidine rings is 1. The summed E-state index contributed by atoms with van der Waals surface area (Å²) in [6.45, 7) is 5.30. The second-order valence-corrected chi connectivity index (χ2v) is 6.49. The van der Waals surface area contributed by atoms with Crippen LogP contribution in [0.25, 0.3) is 0 Å². The van der Waals surface area contributed by atoms with Crippen LogP contribution < -0.4 is 10.2 Å². The fourth-order valence-corrected chi connectivity index (χ4v) is 3.17. The zero-order valence-corrected chi connectivity index (χ0v) is 13.1. The van der Waals surface area contributed by atoms with Crippen LogP contribution in [0.5, 0.6) is 0 Å². The lowest BCUT2D eigenvalue weighted by molar-refractivity contribution is -0.121. The van der Waals surface area contributed by atoms with Gasteiger partial charge in [-0.05, 0) is 49.7 Å². The lowest BCUT2D eigenvalue weighted by Gasteiger charge is -2.34. The molecule has 0 aromatic heterocycles. The van der Waals surface area contributed by atoms with Crippen molar-refractivity contribution in [3.05, 3.63) is 29.8 Å². The molecule has 1 aliphatic heterocycles. The summed E-state index contributed by atoms with van der Waals surface area (Å²) < 4.78 is 0. The molecule has 3 rings (SSSR count). The summed E-state index contributed by atoms with van der Waals surface area (Å²) in [5, 5.41) is 3.51. The van der Waals surface area contributed by atoms with E-state index in [1.165, 1.54) is 18.4 Å². The highest BCUT2D eigenvalue weighted by Crippen LogP contribution is 2.32. The van der Waals surface area contributed by atoms with E-state index in [0.717, 1.165) is 31.5 Å². The molecule has 2 unspecified atom stereocenters. The second-order valence-electron chi connectivity index (χ2n) is 6.49. The van der Waals surface area contributed by atoms with E-state index in [2.05, 4.69) is 37.4 Å². The molecule has 114 valence electrons. The lowest BCUT2D eigenvalue weighted by Crippen LogP contribution is -2.51. The van der Waals surface area contributed by atoms with E-state index in [1.54, 1.807) is 0 Å². The summed E-state index contributed by atoms with van der Waals surface area (Å²) in [6.07, 6.45) is 5.63. The van der Waals surface area contributed by atoms with Gasteiger partial charge in [-0.25, -0.2) is 0 Å². The minimum Gasteiger partial charge on any atom is -0.311 e. The fraction of sp³-hybridized carbons (Fsp3) is 0.611. The Morgan fingerprint density at radius 2 is 2.05 bits per heavy atom. The number of hydrogen-bond donors (Lipinski definition) is 1. The van der Waals surface area contributed by atoms with Gasteiger partial charge in [0.25, 0.3) is 0 Å². The van der Waals surface area contributed by atoms with Crippen molar-refractivity contribution in [3.8, 4) is 0 Å². The van der Waals surface area contributed by atoms with Crippen molar-refractivity contribution >= 4 is 11.6 Å². The van der Waals surface area contributed by atoms with Crippen LogP contribution in [0.1, 0.15) is 57.4 Å². The number of nitrogens with zero attached hydrogens (tertiary/aromatic N) is 1. The lowest BCUT2D eigenvalue weighted by atomic mass is 9.94. The monoisotopic (exact) mass is 286 g/mol. The number of hydrogen-bond acceptors (Lipinski definition) is 2. The molecule has 1 N–H and O–H groups in total. The van der Waals surface area contributed by atoms with E-state index in [4.69, 9.17) is 0 Å². The molecule has 0 spiro atoms. The summed E-state index contributed by atoms with van der Waals surface area (Å²) in [5.41, 5.74) is 2.43. The highest BCUT2D eigenvalue weighted by atomic mass is 16.2. The van der Waals surface area contributed by atoms with Gasteiger partial charge in [0.05, 0.1) is 6.04 Å². The number of nitrogens with one attached hydrogen (secondary N) is 1. The minimum absolute atomic E-state index is 0.0243. The van der Waals surface area contributed by atoms with E-state index in [-0.39, 0.29) is 11.9 Å². The maximum Gasteiger partial charge on any atom is 0.244 e. The zero-order chi connectivity index (χ0) is 14.8. The van der Waals surface area contributed by atoms with Gasteiger partial charge in [-0.15, -0.1) is 0 Å². The number of amides is 1. The third-order valence-corrected chi connectivity index (χ3v) is 4.82. The van der Waals surface area contributed by atoms with Crippen LogP contribution in [0.15, 0.2) is 24.3 Å². The van der Waals surface area contributed by atoms with Crippen molar-refractivity contribution < 1.29 is 4.79 Å². The summed E-state index contributed by atoms with van der Waals surface area (Å²) in [7, 11) is 0. The van der Waals surface area contributed by atoms with Crippen molar-refractivity contribution in [3.63, 3.8) is 0 Å². The van der Waals surface area contributed by atoms with Crippen LogP contribution in [0.2, 0.25) is 0 Å². The molecule has 2 atom stereocenters. The van der Waals surface area contributed by atoms with Crippen molar-refractivity contribution in [1.29, 1.82) is 0 Å². The molecule has 0 bridgehead atoms. The number of carbonyl (C=O) groups is 1. The van der Waals surface area contributed by atoms with Crippen LogP contribution in [0.3, 0.4) is 0 Å². The van der Waals surface area contributed by atoms with Crippen molar-refractivity contribution in [2.45, 2.75) is 64.0 Å². The second kappa shape index (κ2) is 6.18. The predicted molar refractivity (Wildman–Crippen MR) is 86.7 cm³/mol. The molecule has 3 heteroatoms. The largest absolute Gasteiger partial charge is 0.311 e. The quantitative estimate of drug-likeness (QED) is 0.899. The maximum atomic E-state index is 12.8. The zero-order valence-electron chi connectivity index (χ0n) is 13.1. The van der Waals surface area contributed by atoms with E-state index in [9.17, 15) is 4.79 Å². The number of benzene rings is 1. The maximum absolute atomic E-state index is 12.8. The van der Waals surface area contributed by atoms with E-state index in [0.29, 0.717) is 12.0 Å². The molecule has 0 radical (unpaired) electrons. The molecule has 3 nitrogen and oxygen atoms in total. The van der Waals surface area contributed by atoms with Gasteiger partial charge in [0.15, 0.2) is 0 Å². The highest BCUT2D eigenvalue weighted by molar-refractivity contribution is 5.98. The normalized spacial score (nSPS) is 24.2. The van der Waals surface area contributed by atoms with Crippen molar-refractivity contribution in [2.75, 3.05) is 11.4 Å². The van der Waals surface area contributed by atoms with Gasteiger partial charge in [-0.2, -0.15) is 0 Å². The summed E-state index contributed by atoms with van der Waals surface area (Å²) in [4.78, 5) is 14.8. The first-order valence-electron chi connectivity index (χ1n) is 8.37. The first kappa shape index (κ1) is 14.6. The Balaban J connectivity index is 1.83. The SMILES string of the molecule is CCC(C)c1ccccc1N1CCCC(NC2CC2)C1=O. The predicted octanol–water partition coefficient (Wildman–Crippen LogP) is 3.45. The third-order valence-electron chi connectivity index (χ3n) is 4.82. The van der Waals surface area contributed by atoms with Crippen molar-refractivity contribution in [2.24, 2.45) is 0 Å². The molecule has 2 aliphatic rings. The van der Waals surface area contributed by atoms with Crippen LogP contribution in [0, 0.1) is 0 Å². The standard InChI is InChI=1S/C18H26N2O/c1-3-13(2)15-7-4-5-9-17(15)20-12-6-8-16(18(20)21)19-14-10-11-14/h4-5,7,9,13-14,16,19H,3,6,8,10-12H2,1-2H3. The average Bonchev–Trinajstić information content (AvgIpc) is 3.33. The molecular formula is C18H26N2O. The average molecular weight is 286 g/mol. The topological polar surface area (TPSA) is 32.3 Å². The van der Waals surface area contributed by atoms with Gasteiger partial charge in [0.1, 0.15) is 0 Å². The number of rotatable bonds is 5. The first-order chi connectivity index (χ1) is 10.2. The first-order valence-corrected chi connectivity index (χ1v) is 8.37. The summed E-state index contributed by atoms with van der Waals surface area (Å²) in [5.74, 6) is 0.759. The summed E-state index contributed by atoms with van der Waals surface area (Å²) >= 11 is 0. The van der Waals surface area contributed by atoms with Gasteiger partial charge < -0.3 is 10.2 Å². The Bertz CT molecular complexity index is 510. The van der Waals surface area contributed by atoms with Crippen LogP contribution >= 0.6 is 0 Å². The van der Waals surface area contributed by atoms with Crippen LogP contribution in [-0.4, -0.2) is 24.5 Å². The molecule has 1 amide bonds. The van der Waals surface area contributed by atoms with E-state index < -0.39 is 0 Å². The van der Waals surface area contributed by atoms with Gasteiger partial charge in [0.2, 0.25) is 5.91 Å². The third kappa shape index (κ3) is 3.13. The summed E-state index contributed by atoms with van der Waals surface area (Å²) in [6, 6.07) is 9.03. The van der Waals surface area contributed by atoms with E-state index in [1.807, 2.05) is 11.0 Å². The van der Waals surface area contributed by atoms with Gasteiger partial charge in [-0.3, -0.25) is 4.79 Å². The minimum atomic E-state index is 0.0243. The Morgan fingerprint density at radius 1 is 1.29 bits per heavy atom. The molecule has 1 saturated carbocycles. The number of anilines is 1. The molecule has 21 heavy (non-hydrogen) atoms. The van der Waals surface area contributed by atoms with Crippen LogP contribution in [0.4, 0.5) is 5.69 Å². The number of para-hydroxylation sites is 1. The number of carbonyl (C=O) groups excluding carboxylic acids is 1. The van der Waals surface area contributed by atoms with Gasteiger partial charge in [-0.1, -0.05) is 32.0 Å². The van der Waals surface area contributed by atoms with Crippen LogP contribution in [-0.2, 0) is 4.79 Å².